The SMILES string of the molecule is O=C(NCc1ccccc1Cl)C1CC1C(=O)N1CCN(c2ncccn2)CC1. The minimum Gasteiger partial charge on any atom is -0.352 e. The van der Waals surface area contributed by atoms with E-state index in [2.05, 4.69) is 20.2 Å². The van der Waals surface area contributed by atoms with Crippen LogP contribution in [0.15, 0.2) is 42.7 Å². The lowest BCUT2D eigenvalue weighted by molar-refractivity contribution is -0.135. The van der Waals surface area contributed by atoms with Gasteiger partial charge in [0.1, 0.15) is 0 Å². The highest BCUT2D eigenvalue weighted by atomic mass is 35.5. The number of hydrogen-bond donors (Lipinski definition) is 1. The Hall–Kier alpha value is -2.67. The first-order valence-electron chi connectivity index (χ1n) is 9.45. The van der Waals surface area contributed by atoms with Gasteiger partial charge in [-0.3, -0.25) is 9.59 Å². The van der Waals surface area contributed by atoms with E-state index in [1.54, 1.807) is 24.5 Å². The van der Waals surface area contributed by atoms with Crippen LogP contribution < -0.4 is 10.2 Å². The molecule has 2 heterocycles. The van der Waals surface area contributed by atoms with E-state index in [0.29, 0.717) is 50.1 Å². The van der Waals surface area contributed by atoms with E-state index < -0.39 is 0 Å². The standard InChI is InChI=1S/C20H22ClN5O2/c21-17-5-2-1-4-14(17)13-24-18(27)15-12-16(15)19(28)25-8-10-26(11-9-25)20-22-6-3-7-23-20/h1-7,15-16H,8-13H2,(H,24,27). The van der Waals surface area contributed by atoms with E-state index in [4.69, 9.17) is 11.6 Å². The second-order valence-electron chi connectivity index (χ2n) is 7.12. The fraction of sp³-hybridized carbons (Fsp3) is 0.400. The van der Waals surface area contributed by atoms with Crippen LogP contribution >= 0.6 is 11.6 Å². The van der Waals surface area contributed by atoms with Crippen molar-refractivity contribution in [2.75, 3.05) is 31.1 Å². The third-order valence-corrected chi connectivity index (χ3v) is 5.65. The number of benzene rings is 1. The van der Waals surface area contributed by atoms with Gasteiger partial charge in [0.25, 0.3) is 0 Å². The van der Waals surface area contributed by atoms with Crippen LogP contribution in [-0.2, 0) is 16.1 Å². The predicted octanol–water partition coefficient (Wildman–Crippen LogP) is 1.73. The molecule has 8 heteroatoms. The highest BCUT2D eigenvalue weighted by Gasteiger charge is 2.49. The van der Waals surface area contributed by atoms with Crippen LogP contribution in [0.1, 0.15) is 12.0 Å². The molecular weight excluding hydrogens is 378 g/mol. The highest BCUT2D eigenvalue weighted by molar-refractivity contribution is 6.31. The number of aromatic nitrogens is 2. The van der Waals surface area contributed by atoms with Gasteiger partial charge in [-0.05, 0) is 24.1 Å². The number of rotatable bonds is 5. The Morgan fingerprint density at radius 2 is 1.75 bits per heavy atom. The topological polar surface area (TPSA) is 78.4 Å². The van der Waals surface area contributed by atoms with Crippen LogP contribution in [0, 0.1) is 11.8 Å². The van der Waals surface area contributed by atoms with Crippen molar-refractivity contribution in [3.8, 4) is 0 Å². The van der Waals surface area contributed by atoms with Crippen molar-refractivity contribution in [2.24, 2.45) is 11.8 Å². The molecule has 1 aromatic carbocycles. The van der Waals surface area contributed by atoms with Crippen molar-refractivity contribution in [2.45, 2.75) is 13.0 Å². The summed E-state index contributed by atoms with van der Waals surface area (Å²) in [7, 11) is 0. The van der Waals surface area contributed by atoms with E-state index >= 15 is 0 Å². The van der Waals surface area contributed by atoms with Gasteiger partial charge >= 0.3 is 0 Å². The first-order valence-corrected chi connectivity index (χ1v) is 9.83. The lowest BCUT2D eigenvalue weighted by Crippen LogP contribution is -2.50. The van der Waals surface area contributed by atoms with Gasteiger partial charge in [0.15, 0.2) is 0 Å². The number of nitrogens with one attached hydrogen (secondary N) is 1. The summed E-state index contributed by atoms with van der Waals surface area (Å²) in [6.45, 7) is 3.03. The van der Waals surface area contributed by atoms with E-state index in [1.165, 1.54) is 0 Å². The molecule has 2 amide bonds. The van der Waals surface area contributed by atoms with Crippen LogP contribution in [0.2, 0.25) is 5.02 Å². The molecule has 0 radical (unpaired) electrons. The van der Waals surface area contributed by atoms with Gasteiger partial charge in [0.05, 0.1) is 11.8 Å². The number of piperazine rings is 1. The first kappa shape index (κ1) is 18.7. The molecule has 1 aromatic heterocycles. The maximum Gasteiger partial charge on any atom is 0.226 e. The number of amides is 2. The second kappa shape index (κ2) is 8.14. The zero-order valence-corrected chi connectivity index (χ0v) is 16.2. The van der Waals surface area contributed by atoms with Crippen LogP contribution in [0.5, 0.6) is 0 Å². The average Bonchev–Trinajstić information content (AvgIpc) is 3.54. The lowest BCUT2D eigenvalue weighted by atomic mass is 10.2. The largest absolute Gasteiger partial charge is 0.352 e. The van der Waals surface area contributed by atoms with E-state index in [9.17, 15) is 9.59 Å². The Bertz CT molecular complexity index is 855. The summed E-state index contributed by atoms with van der Waals surface area (Å²) in [6.07, 6.45) is 4.06. The summed E-state index contributed by atoms with van der Waals surface area (Å²) >= 11 is 6.11. The molecule has 1 N–H and O–H groups in total. The monoisotopic (exact) mass is 399 g/mol. The summed E-state index contributed by atoms with van der Waals surface area (Å²) in [5.41, 5.74) is 0.875. The van der Waals surface area contributed by atoms with Gasteiger partial charge in [-0.2, -0.15) is 0 Å². The Kier molecular flexibility index (Phi) is 5.43. The zero-order valence-electron chi connectivity index (χ0n) is 15.4. The first-order chi connectivity index (χ1) is 13.6. The van der Waals surface area contributed by atoms with Crippen LogP contribution in [-0.4, -0.2) is 52.9 Å². The summed E-state index contributed by atoms with van der Waals surface area (Å²) < 4.78 is 0. The molecule has 146 valence electrons. The molecule has 2 unspecified atom stereocenters. The van der Waals surface area contributed by atoms with Gasteiger partial charge in [-0.15, -0.1) is 0 Å². The summed E-state index contributed by atoms with van der Waals surface area (Å²) in [6, 6.07) is 9.21. The molecule has 2 atom stereocenters. The third kappa shape index (κ3) is 4.09. The second-order valence-corrected chi connectivity index (χ2v) is 7.53. The fourth-order valence-corrected chi connectivity index (χ4v) is 3.73. The van der Waals surface area contributed by atoms with Crippen LogP contribution in [0.25, 0.3) is 0 Å². The van der Waals surface area contributed by atoms with Gasteiger partial charge < -0.3 is 15.1 Å². The Labute approximate surface area is 168 Å². The molecule has 2 aliphatic rings. The van der Waals surface area contributed by atoms with Gasteiger partial charge in [-0.25, -0.2) is 9.97 Å². The molecule has 1 aliphatic carbocycles. The fourth-order valence-electron chi connectivity index (χ4n) is 3.53. The van der Waals surface area contributed by atoms with Crippen molar-refractivity contribution in [1.82, 2.24) is 20.2 Å². The normalized spacial score (nSPS) is 21.3. The van der Waals surface area contributed by atoms with E-state index in [-0.39, 0.29) is 23.7 Å². The summed E-state index contributed by atoms with van der Waals surface area (Å²) in [5.74, 6) is 0.259. The van der Waals surface area contributed by atoms with Crippen LogP contribution in [0.4, 0.5) is 5.95 Å². The minimum atomic E-state index is -0.231. The van der Waals surface area contributed by atoms with Crippen molar-refractivity contribution in [3.63, 3.8) is 0 Å². The van der Waals surface area contributed by atoms with Gasteiger partial charge in [0.2, 0.25) is 17.8 Å². The molecule has 4 rings (SSSR count). The van der Waals surface area contributed by atoms with E-state index in [0.717, 1.165) is 5.56 Å². The van der Waals surface area contributed by atoms with Crippen molar-refractivity contribution in [3.05, 3.63) is 53.3 Å². The molecule has 1 saturated carbocycles. The third-order valence-electron chi connectivity index (χ3n) is 5.28. The van der Waals surface area contributed by atoms with Gasteiger partial charge in [-0.1, -0.05) is 29.8 Å². The van der Waals surface area contributed by atoms with Crippen molar-refractivity contribution in [1.29, 1.82) is 0 Å². The molecule has 0 bridgehead atoms. The number of carbonyl (C=O) groups excluding carboxylic acids is 2. The molecule has 7 nitrogen and oxygen atoms in total. The quantitative estimate of drug-likeness (QED) is 0.828. The maximum atomic E-state index is 12.7. The molecule has 1 saturated heterocycles. The average molecular weight is 400 g/mol. The molecule has 2 fully saturated rings. The molecule has 0 spiro atoms. The molecule has 2 aromatic rings. The van der Waals surface area contributed by atoms with Crippen molar-refractivity contribution < 1.29 is 9.59 Å². The summed E-state index contributed by atoms with van der Waals surface area (Å²) in [5, 5.41) is 3.53. The Morgan fingerprint density at radius 1 is 1.04 bits per heavy atom. The minimum absolute atomic E-state index is 0.0745. The number of nitrogens with zero attached hydrogens (tertiary/aromatic N) is 4. The lowest BCUT2D eigenvalue weighted by Gasteiger charge is -2.34. The number of halogens is 1. The zero-order chi connectivity index (χ0) is 19.5. The smallest absolute Gasteiger partial charge is 0.226 e. The number of hydrogen-bond acceptors (Lipinski definition) is 5. The number of anilines is 1. The highest BCUT2D eigenvalue weighted by Crippen LogP contribution is 2.40. The maximum absolute atomic E-state index is 12.7. The predicted molar refractivity (Wildman–Crippen MR) is 106 cm³/mol. The molecule has 1 aliphatic heterocycles. The van der Waals surface area contributed by atoms with Crippen LogP contribution in [0.3, 0.4) is 0 Å². The van der Waals surface area contributed by atoms with E-state index in [1.807, 2.05) is 23.1 Å². The molecular formula is C20H22ClN5O2. The van der Waals surface area contributed by atoms with Gasteiger partial charge in [0, 0.05) is 50.1 Å². The van der Waals surface area contributed by atoms with Crippen molar-refractivity contribution >= 4 is 29.4 Å². The Balaban J connectivity index is 1.24. The number of carbonyl (C=O) groups is 2. The summed E-state index contributed by atoms with van der Waals surface area (Å²) in [4.78, 5) is 37.5. The Morgan fingerprint density at radius 3 is 2.46 bits per heavy atom. The molecule has 28 heavy (non-hydrogen) atoms.